The molecule has 0 spiro atoms. The molecule has 1 aliphatic rings. The summed E-state index contributed by atoms with van der Waals surface area (Å²) in [5.74, 6) is 2.43. The predicted molar refractivity (Wildman–Crippen MR) is 112 cm³/mol. The number of nitrogens with zero attached hydrogens (tertiary/aromatic N) is 7. The molecule has 4 aromatic heterocycles. The summed E-state index contributed by atoms with van der Waals surface area (Å²) in [5, 5.41) is 15.6. The van der Waals surface area contributed by atoms with Gasteiger partial charge in [0.15, 0.2) is 17.4 Å². The van der Waals surface area contributed by atoms with E-state index in [1.807, 2.05) is 30.3 Å². The molecule has 5 rings (SSSR count). The van der Waals surface area contributed by atoms with Crippen LogP contribution in [0, 0.1) is 5.92 Å². The number of carbonyl (C=O) groups is 1. The highest BCUT2D eigenvalue weighted by Crippen LogP contribution is 2.24. The molecule has 0 aromatic carbocycles. The molecule has 1 fully saturated rings. The van der Waals surface area contributed by atoms with Crippen molar-refractivity contribution in [3.05, 3.63) is 61.4 Å². The minimum absolute atomic E-state index is 0.0379. The minimum atomic E-state index is -0.0882. The van der Waals surface area contributed by atoms with Gasteiger partial charge in [0.1, 0.15) is 17.8 Å². The Hall–Kier alpha value is -4.08. The Bertz CT molecular complexity index is 1130. The van der Waals surface area contributed by atoms with Gasteiger partial charge < -0.3 is 14.6 Å². The molecule has 0 aliphatic carbocycles. The molecular formula is C21H20N8O2. The molecule has 4 aromatic rings. The highest BCUT2D eigenvalue weighted by molar-refractivity contribution is 5.92. The zero-order valence-corrected chi connectivity index (χ0v) is 16.6. The molecule has 31 heavy (non-hydrogen) atoms. The number of rotatable bonds is 5. The van der Waals surface area contributed by atoms with Gasteiger partial charge >= 0.3 is 0 Å². The lowest BCUT2D eigenvalue weighted by Crippen LogP contribution is -2.38. The molecule has 1 amide bonds. The van der Waals surface area contributed by atoms with Gasteiger partial charge in [-0.1, -0.05) is 0 Å². The van der Waals surface area contributed by atoms with Crippen LogP contribution in [0.25, 0.3) is 17.3 Å². The normalized spacial score (nSPS) is 14.5. The summed E-state index contributed by atoms with van der Waals surface area (Å²) in [6, 6.07) is 11.0. The van der Waals surface area contributed by atoms with Gasteiger partial charge in [0, 0.05) is 37.5 Å². The first kappa shape index (κ1) is 18.9. The lowest BCUT2D eigenvalue weighted by Gasteiger charge is -2.31. The summed E-state index contributed by atoms with van der Waals surface area (Å²) >= 11 is 0. The molecule has 10 heteroatoms. The number of hydrogen-bond acceptors (Lipinski definition) is 8. The summed E-state index contributed by atoms with van der Waals surface area (Å²) in [4.78, 5) is 23.2. The second-order valence-corrected chi connectivity index (χ2v) is 7.22. The standard InChI is InChI=1S/C21H20N8O2/c30-21(25-18-13-20(23-14-22-18)29-9-2-8-24-29)15-6-10-28(11-7-15)19-5-4-16(26-27-19)17-3-1-12-31-17/h1-5,8-9,12-15H,6-7,10-11H2,(H,22,23,25,30). The maximum absolute atomic E-state index is 12.7. The van der Waals surface area contributed by atoms with Crippen LogP contribution in [0.4, 0.5) is 11.6 Å². The van der Waals surface area contributed by atoms with Crippen molar-refractivity contribution >= 4 is 17.5 Å². The monoisotopic (exact) mass is 416 g/mol. The average Bonchev–Trinajstić information content (AvgIpc) is 3.54. The minimum Gasteiger partial charge on any atom is -0.463 e. The van der Waals surface area contributed by atoms with Crippen LogP contribution in [0.15, 0.2) is 65.8 Å². The molecule has 1 saturated heterocycles. The van der Waals surface area contributed by atoms with Crippen molar-refractivity contribution < 1.29 is 9.21 Å². The quantitative estimate of drug-likeness (QED) is 0.528. The Morgan fingerprint density at radius 1 is 1.06 bits per heavy atom. The van der Waals surface area contributed by atoms with Crippen LogP contribution >= 0.6 is 0 Å². The summed E-state index contributed by atoms with van der Waals surface area (Å²) in [5.41, 5.74) is 0.697. The Kier molecular flexibility index (Phi) is 5.09. The van der Waals surface area contributed by atoms with Gasteiger partial charge in [0.05, 0.1) is 6.26 Å². The second kappa shape index (κ2) is 8.34. The molecule has 156 valence electrons. The number of furan rings is 1. The zero-order chi connectivity index (χ0) is 21.0. The molecule has 1 aliphatic heterocycles. The molecule has 1 N–H and O–H groups in total. The van der Waals surface area contributed by atoms with Crippen molar-refractivity contribution in [1.82, 2.24) is 29.9 Å². The molecular weight excluding hydrogens is 396 g/mol. The third-order valence-electron chi connectivity index (χ3n) is 5.26. The summed E-state index contributed by atoms with van der Waals surface area (Å²) < 4.78 is 6.97. The topological polar surface area (TPSA) is 115 Å². The highest BCUT2D eigenvalue weighted by atomic mass is 16.3. The summed E-state index contributed by atoms with van der Waals surface area (Å²) in [6.45, 7) is 1.46. The lowest BCUT2D eigenvalue weighted by molar-refractivity contribution is -0.120. The number of carbonyl (C=O) groups excluding carboxylic acids is 1. The van der Waals surface area contributed by atoms with Crippen LogP contribution in [0.5, 0.6) is 0 Å². The van der Waals surface area contributed by atoms with Gasteiger partial charge in [0.25, 0.3) is 0 Å². The summed E-state index contributed by atoms with van der Waals surface area (Å²) in [6.07, 6.45) is 7.94. The van der Waals surface area contributed by atoms with Crippen LogP contribution in [0.1, 0.15) is 12.8 Å². The largest absolute Gasteiger partial charge is 0.463 e. The average molecular weight is 416 g/mol. The smallest absolute Gasteiger partial charge is 0.228 e. The van der Waals surface area contributed by atoms with Gasteiger partial charge in [-0.2, -0.15) is 5.10 Å². The molecule has 5 heterocycles. The van der Waals surface area contributed by atoms with E-state index in [-0.39, 0.29) is 11.8 Å². The van der Waals surface area contributed by atoms with Crippen molar-refractivity contribution in [1.29, 1.82) is 0 Å². The van der Waals surface area contributed by atoms with Crippen molar-refractivity contribution in [2.75, 3.05) is 23.3 Å². The first-order chi connectivity index (χ1) is 15.3. The van der Waals surface area contributed by atoms with Crippen molar-refractivity contribution in [2.45, 2.75) is 12.8 Å². The van der Waals surface area contributed by atoms with Crippen LogP contribution in [0.2, 0.25) is 0 Å². The molecule has 0 radical (unpaired) electrons. The lowest BCUT2D eigenvalue weighted by atomic mass is 9.96. The van der Waals surface area contributed by atoms with E-state index in [0.717, 1.165) is 31.7 Å². The Morgan fingerprint density at radius 3 is 2.68 bits per heavy atom. The van der Waals surface area contributed by atoms with Gasteiger partial charge in [0.2, 0.25) is 5.91 Å². The number of hydrogen-bond donors (Lipinski definition) is 1. The molecule has 10 nitrogen and oxygen atoms in total. The highest BCUT2D eigenvalue weighted by Gasteiger charge is 2.26. The fourth-order valence-electron chi connectivity index (χ4n) is 3.59. The van der Waals surface area contributed by atoms with E-state index in [1.54, 1.807) is 29.4 Å². The number of anilines is 2. The second-order valence-electron chi connectivity index (χ2n) is 7.22. The first-order valence-electron chi connectivity index (χ1n) is 10.0. The Morgan fingerprint density at radius 2 is 1.97 bits per heavy atom. The van der Waals surface area contributed by atoms with Crippen molar-refractivity contribution in [3.63, 3.8) is 0 Å². The Labute approximate surface area is 178 Å². The van der Waals surface area contributed by atoms with Gasteiger partial charge in [-0.25, -0.2) is 14.6 Å². The van der Waals surface area contributed by atoms with E-state index < -0.39 is 0 Å². The number of amides is 1. The van der Waals surface area contributed by atoms with E-state index in [4.69, 9.17) is 4.42 Å². The SMILES string of the molecule is O=C(Nc1cc(-n2cccn2)ncn1)C1CCN(c2ccc(-c3ccco3)nn2)CC1. The Balaban J connectivity index is 1.18. The molecule has 0 unspecified atom stereocenters. The van der Waals surface area contributed by atoms with Crippen LogP contribution in [0.3, 0.4) is 0 Å². The molecule has 0 saturated carbocycles. The van der Waals surface area contributed by atoms with E-state index in [2.05, 4.69) is 35.5 Å². The van der Waals surface area contributed by atoms with Crippen molar-refractivity contribution in [3.8, 4) is 17.3 Å². The zero-order valence-electron chi connectivity index (χ0n) is 16.6. The fourth-order valence-corrected chi connectivity index (χ4v) is 3.59. The van der Waals surface area contributed by atoms with Gasteiger partial charge in [-0.05, 0) is 43.2 Å². The molecule has 0 atom stereocenters. The summed E-state index contributed by atoms with van der Waals surface area (Å²) in [7, 11) is 0. The third-order valence-corrected chi connectivity index (χ3v) is 5.26. The molecule has 0 bridgehead atoms. The van der Waals surface area contributed by atoms with E-state index >= 15 is 0 Å². The maximum Gasteiger partial charge on any atom is 0.228 e. The maximum atomic E-state index is 12.7. The van der Waals surface area contributed by atoms with Crippen LogP contribution in [-0.4, -0.2) is 48.9 Å². The van der Waals surface area contributed by atoms with Gasteiger partial charge in [-0.15, -0.1) is 10.2 Å². The van der Waals surface area contributed by atoms with Crippen LogP contribution in [-0.2, 0) is 4.79 Å². The van der Waals surface area contributed by atoms with E-state index in [1.165, 1.54) is 6.33 Å². The fraction of sp³-hybridized carbons (Fsp3) is 0.238. The van der Waals surface area contributed by atoms with Gasteiger partial charge in [-0.3, -0.25) is 4.79 Å². The number of aromatic nitrogens is 6. The number of nitrogens with one attached hydrogen (secondary N) is 1. The number of piperidine rings is 1. The van der Waals surface area contributed by atoms with Crippen LogP contribution < -0.4 is 10.2 Å². The van der Waals surface area contributed by atoms with E-state index in [0.29, 0.717) is 23.1 Å². The van der Waals surface area contributed by atoms with E-state index in [9.17, 15) is 4.79 Å². The first-order valence-corrected chi connectivity index (χ1v) is 10.0. The third kappa shape index (κ3) is 4.13. The predicted octanol–water partition coefficient (Wildman–Crippen LogP) is 2.57. The van der Waals surface area contributed by atoms with Crippen molar-refractivity contribution in [2.24, 2.45) is 5.92 Å².